The fraction of sp³-hybridized carbons (Fsp3) is 0.0612. The molecule has 0 bridgehead atoms. The lowest BCUT2D eigenvalue weighted by Gasteiger charge is -2.21. The standard InChI is InChI=1S/C49H33N3S/c1-49(2)40-19-11-9-17-34(40)38-27-39-36-25-26-37-35-18-10-12-20-45(35)53-47(37)46(36)52(44(39)28-41(38)49)33-23-21-32(22-24-33)48-50-42(30-13-5-3-6-14-30)29-43(51-48)31-15-7-4-8-16-31/h3-29H,1-2H3. The highest BCUT2D eigenvalue weighted by Gasteiger charge is 2.36. The molecule has 0 aliphatic heterocycles. The van der Waals surface area contributed by atoms with Crippen molar-refractivity contribution >= 4 is 53.3 Å². The van der Waals surface area contributed by atoms with E-state index in [0.717, 1.165) is 33.8 Å². The molecule has 3 heterocycles. The second kappa shape index (κ2) is 11.3. The zero-order valence-corrected chi connectivity index (χ0v) is 30.2. The SMILES string of the molecule is CC1(C)c2ccccc2-c2cc3c4ccc5c6ccccc6sc5c4n(-c4ccc(-c5nc(-c6ccccc6)cc(-c6ccccc6)n5)cc4)c3cc21. The van der Waals surface area contributed by atoms with Gasteiger partial charge in [-0.1, -0.05) is 129 Å². The summed E-state index contributed by atoms with van der Waals surface area (Å²) in [6.07, 6.45) is 0. The molecule has 0 radical (unpaired) electrons. The lowest BCUT2D eigenvalue weighted by atomic mass is 9.82. The van der Waals surface area contributed by atoms with Crippen molar-refractivity contribution in [1.82, 2.24) is 14.5 Å². The third kappa shape index (κ3) is 4.52. The molecule has 0 spiro atoms. The first kappa shape index (κ1) is 30.3. The van der Waals surface area contributed by atoms with E-state index >= 15 is 0 Å². The summed E-state index contributed by atoms with van der Waals surface area (Å²) in [7, 11) is 0. The predicted molar refractivity (Wildman–Crippen MR) is 223 cm³/mol. The van der Waals surface area contributed by atoms with Crippen molar-refractivity contribution in [2.24, 2.45) is 0 Å². The number of thiophene rings is 1. The quantitative estimate of drug-likeness (QED) is 0.183. The Labute approximate surface area is 311 Å². The molecule has 3 aromatic heterocycles. The molecule has 0 N–H and O–H groups in total. The van der Waals surface area contributed by atoms with Gasteiger partial charge in [0.1, 0.15) is 0 Å². The van der Waals surface area contributed by atoms with Crippen LogP contribution in [0.25, 0.3) is 92.7 Å². The van der Waals surface area contributed by atoms with Gasteiger partial charge in [-0.25, -0.2) is 9.97 Å². The van der Waals surface area contributed by atoms with Gasteiger partial charge in [-0.05, 0) is 70.8 Å². The molecule has 0 unspecified atom stereocenters. The minimum atomic E-state index is -0.101. The first-order valence-electron chi connectivity index (χ1n) is 18.2. The zero-order valence-electron chi connectivity index (χ0n) is 29.3. The minimum Gasteiger partial charge on any atom is -0.308 e. The van der Waals surface area contributed by atoms with Crippen LogP contribution in [0.3, 0.4) is 0 Å². The molecule has 4 heteroatoms. The van der Waals surface area contributed by atoms with E-state index in [-0.39, 0.29) is 5.41 Å². The first-order valence-corrected chi connectivity index (χ1v) is 19.0. The average molecular weight is 696 g/mol. The van der Waals surface area contributed by atoms with E-state index in [1.54, 1.807) is 0 Å². The van der Waals surface area contributed by atoms with Crippen LogP contribution in [0, 0.1) is 0 Å². The number of benzene rings is 7. The predicted octanol–water partition coefficient (Wildman–Crippen LogP) is 13.2. The highest BCUT2D eigenvalue weighted by molar-refractivity contribution is 7.26. The van der Waals surface area contributed by atoms with Crippen LogP contribution in [0.15, 0.2) is 164 Å². The Balaban J connectivity index is 1.15. The van der Waals surface area contributed by atoms with Crippen LogP contribution in [0.4, 0.5) is 0 Å². The van der Waals surface area contributed by atoms with Crippen molar-refractivity contribution in [2.75, 3.05) is 0 Å². The smallest absolute Gasteiger partial charge is 0.160 e. The molecule has 1 aliphatic rings. The molecule has 53 heavy (non-hydrogen) atoms. The third-order valence-electron chi connectivity index (χ3n) is 11.2. The molecule has 250 valence electrons. The van der Waals surface area contributed by atoms with Crippen LogP contribution in [0.2, 0.25) is 0 Å². The fourth-order valence-electron chi connectivity index (χ4n) is 8.59. The van der Waals surface area contributed by atoms with Gasteiger partial charge in [-0.2, -0.15) is 0 Å². The van der Waals surface area contributed by atoms with Gasteiger partial charge in [0.2, 0.25) is 0 Å². The van der Waals surface area contributed by atoms with Gasteiger partial charge in [0.15, 0.2) is 5.82 Å². The van der Waals surface area contributed by atoms with E-state index in [1.165, 1.54) is 64.2 Å². The molecule has 0 atom stereocenters. The fourth-order valence-corrected chi connectivity index (χ4v) is 9.83. The number of hydrogen-bond donors (Lipinski definition) is 0. The summed E-state index contributed by atoms with van der Waals surface area (Å²) >= 11 is 1.89. The molecular formula is C49H33N3S. The van der Waals surface area contributed by atoms with Crippen LogP contribution in [0.1, 0.15) is 25.0 Å². The third-order valence-corrected chi connectivity index (χ3v) is 12.4. The summed E-state index contributed by atoms with van der Waals surface area (Å²) in [5.74, 6) is 0.711. The molecule has 0 saturated carbocycles. The summed E-state index contributed by atoms with van der Waals surface area (Å²) < 4.78 is 5.13. The number of nitrogens with zero attached hydrogens (tertiary/aromatic N) is 3. The van der Waals surface area contributed by atoms with Crippen molar-refractivity contribution in [1.29, 1.82) is 0 Å². The second-order valence-corrected chi connectivity index (χ2v) is 15.7. The van der Waals surface area contributed by atoms with Crippen molar-refractivity contribution in [3.8, 4) is 50.7 Å². The minimum absolute atomic E-state index is 0.101. The summed E-state index contributed by atoms with van der Waals surface area (Å²) in [6.45, 7) is 4.73. The summed E-state index contributed by atoms with van der Waals surface area (Å²) in [5.41, 5.74) is 13.9. The summed E-state index contributed by atoms with van der Waals surface area (Å²) in [5, 5.41) is 5.17. The molecule has 7 aromatic carbocycles. The monoisotopic (exact) mass is 695 g/mol. The molecule has 11 rings (SSSR count). The molecule has 0 saturated heterocycles. The lowest BCUT2D eigenvalue weighted by molar-refractivity contribution is 0.661. The highest BCUT2D eigenvalue weighted by atomic mass is 32.1. The summed E-state index contributed by atoms with van der Waals surface area (Å²) in [6, 6.07) is 59.0. The van der Waals surface area contributed by atoms with Gasteiger partial charge in [0.05, 0.1) is 27.1 Å². The Kier molecular flexibility index (Phi) is 6.47. The van der Waals surface area contributed by atoms with E-state index < -0.39 is 0 Å². The van der Waals surface area contributed by atoms with Gasteiger partial charge in [0, 0.05) is 54.0 Å². The van der Waals surface area contributed by atoms with E-state index in [1.807, 2.05) is 23.5 Å². The molecule has 1 aliphatic carbocycles. The molecule has 3 nitrogen and oxygen atoms in total. The molecule has 10 aromatic rings. The maximum atomic E-state index is 5.12. The lowest BCUT2D eigenvalue weighted by Crippen LogP contribution is -2.14. The van der Waals surface area contributed by atoms with Crippen LogP contribution in [0.5, 0.6) is 0 Å². The van der Waals surface area contributed by atoms with Crippen LogP contribution in [-0.2, 0) is 5.41 Å². The maximum Gasteiger partial charge on any atom is 0.160 e. The van der Waals surface area contributed by atoms with E-state index in [4.69, 9.17) is 9.97 Å². The van der Waals surface area contributed by atoms with E-state index in [0.29, 0.717) is 5.82 Å². The van der Waals surface area contributed by atoms with Crippen molar-refractivity contribution < 1.29 is 0 Å². The van der Waals surface area contributed by atoms with Crippen molar-refractivity contribution in [3.63, 3.8) is 0 Å². The van der Waals surface area contributed by atoms with Crippen molar-refractivity contribution in [2.45, 2.75) is 19.3 Å². The number of rotatable bonds is 4. The highest BCUT2D eigenvalue weighted by Crippen LogP contribution is 2.52. The van der Waals surface area contributed by atoms with Crippen LogP contribution >= 0.6 is 11.3 Å². The maximum absolute atomic E-state index is 5.12. The largest absolute Gasteiger partial charge is 0.308 e. The van der Waals surface area contributed by atoms with Crippen LogP contribution in [-0.4, -0.2) is 14.5 Å². The second-order valence-electron chi connectivity index (χ2n) is 14.6. The Morgan fingerprint density at radius 2 is 1.13 bits per heavy atom. The zero-order chi connectivity index (χ0) is 35.3. The topological polar surface area (TPSA) is 30.7 Å². The van der Waals surface area contributed by atoms with E-state index in [2.05, 4.69) is 170 Å². The molecule has 0 amide bonds. The summed E-state index contributed by atoms with van der Waals surface area (Å²) in [4.78, 5) is 10.2. The molecular weight excluding hydrogens is 663 g/mol. The van der Waals surface area contributed by atoms with Gasteiger partial charge in [0.25, 0.3) is 0 Å². The van der Waals surface area contributed by atoms with Gasteiger partial charge in [-0.3, -0.25) is 0 Å². The number of fused-ring (bicyclic) bond motifs is 10. The molecule has 0 fully saturated rings. The Morgan fingerprint density at radius 3 is 1.87 bits per heavy atom. The van der Waals surface area contributed by atoms with E-state index in [9.17, 15) is 0 Å². The number of hydrogen-bond acceptors (Lipinski definition) is 3. The van der Waals surface area contributed by atoms with Gasteiger partial charge < -0.3 is 4.57 Å². The number of aromatic nitrogens is 3. The Morgan fingerprint density at radius 1 is 0.491 bits per heavy atom. The van der Waals surface area contributed by atoms with Gasteiger partial charge >= 0.3 is 0 Å². The first-order chi connectivity index (χ1) is 26.0. The Bertz CT molecular complexity index is 3000. The average Bonchev–Trinajstić information content (AvgIpc) is 3.83. The van der Waals surface area contributed by atoms with Crippen molar-refractivity contribution in [3.05, 3.63) is 175 Å². The van der Waals surface area contributed by atoms with Gasteiger partial charge in [-0.15, -0.1) is 11.3 Å². The Hall–Kier alpha value is -6.36. The van der Waals surface area contributed by atoms with Crippen LogP contribution < -0.4 is 0 Å². The normalized spacial score (nSPS) is 13.2.